The van der Waals surface area contributed by atoms with Crippen molar-refractivity contribution < 1.29 is 9.84 Å². The van der Waals surface area contributed by atoms with Crippen molar-refractivity contribution in [1.29, 1.82) is 0 Å². The Hall–Kier alpha value is -0.340. The zero-order valence-corrected chi connectivity index (χ0v) is 8.57. The topological polar surface area (TPSA) is 29.5 Å². The number of allylic oxidation sites excluding steroid dienone is 1. The first-order valence-electron chi connectivity index (χ1n) is 5.24. The molecule has 0 aromatic carbocycles. The lowest BCUT2D eigenvalue weighted by molar-refractivity contribution is -0.152. The highest BCUT2D eigenvalue weighted by atomic mass is 16.6. The molecular weight excluding hydrogens is 164 g/mol. The smallest absolute Gasteiger partial charge is 0.157 e. The van der Waals surface area contributed by atoms with Gasteiger partial charge in [0.05, 0.1) is 6.10 Å². The van der Waals surface area contributed by atoms with Gasteiger partial charge in [-0.1, -0.05) is 26.0 Å². The molecule has 0 aliphatic heterocycles. The lowest BCUT2D eigenvalue weighted by atomic mass is 10.0. The molecule has 1 aliphatic carbocycles. The van der Waals surface area contributed by atoms with Gasteiger partial charge in [0, 0.05) is 5.92 Å². The predicted octanol–water partition coefficient (Wildman–Crippen LogP) is 2.48. The van der Waals surface area contributed by atoms with Gasteiger partial charge in [-0.2, -0.15) is 0 Å². The summed E-state index contributed by atoms with van der Waals surface area (Å²) >= 11 is 0. The average Bonchev–Trinajstić information content (AvgIpc) is 2.18. The fourth-order valence-corrected chi connectivity index (χ4v) is 1.41. The molecule has 2 heteroatoms. The minimum atomic E-state index is -0.599. The molecule has 0 saturated heterocycles. The standard InChI is InChI=1S/C11H20O2/c1-3-9(2)11(12)13-10-7-5-4-6-8-10/h5,7,9-12H,3-4,6,8H2,1-2H3. The third-order valence-corrected chi connectivity index (χ3v) is 2.66. The first kappa shape index (κ1) is 10.7. The van der Waals surface area contributed by atoms with Gasteiger partial charge in [-0.05, 0) is 25.7 Å². The second-order valence-electron chi connectivity index (χ2n) is 3.81. The van der Waals surface area contributed by atoms with Crippen molar-refractivity contribution in [2.45, 2.75) is 51.9 Å². The molecule has 1 rings (SSSR count). The van der Waals surface area contributed by atoms with Crippen LogP contribution in [0.2, 0.25) is 0 Å². The molecule has 0 heterocycles. The molecule has 76 valence electrons. The molecule has 3 unspecified atom stereocenters. The van der Waals surface area contributed by atoms with Crippen LogP contribution in [-0.4, -0.2) is 17.5 Å². The highest BCUT2D eigenvalue weighted by Crippen LogP contribution is 2.18. The van der Waals surface area contributed by atoms with Gasteiger partial charge < -0.3 is 9.84 Å². The van der Waals surface area contributed by atoms with Crippen molar-refractivity contribution >= 4 is 0 Å². The van der Waals surface area contributed by atoms with E-state index in [1.807, 2.05) is 6.92 Å². The molecule has 0 fully saturated rings. The molecule has 0 saturated carbocycles. The Labute approximate surface area is 80.6 Å². The van der Waals surface area contributed by atoms with Gasteiger partial charge in [-0.25, -0.2) is 0 Å². The van der Waals surface area contributed by atoms with E-state index in [0.717, 1.165) is 19.3 Å². The second-order valence-corrected chi connectivity index (χ2v) is 3.81. The van der Waals surface area contributed by atoms with Crippen LogP contribution in [0.15, 0.2) is 12.2 Å². The number of rotatable bonds is 4. The van der Waals surface area contributed by atoms with Gasteiger partial charge in [0.1, 0.15) is 0 Å². The Kier molecular flexibility index (Phi) is 4.46. The van der Waals surface area contributed by atoms with E-state index in [-0.39, 0.29) is 12.0 Å². The van der Waals surface area contributed by atoms with Gasteiger partial charge in [0.2, 0.25) is 0 Å². The Bertz CT molecular complexity index is 165. The highest BCUT2D eigenvalue weighted by molar-refractivity contribution is 4.94. The summed E-state index contributed by atoms with van der Waals surface area (Å²) in [5, 5.41) is 9.61. The highest BCUT2D eigenvalue weighted by Gasteiger charge is 2.17. The molecular formula is C11H20O2. The zero-order valence-electron chi connectivity index (χ0n) is 8.57. The molecule has 3 atom stereocenters. The van der Waals surface area contributed by atoms with E-state index in [4.69, 9.17) is 4.74 Å². The molecule has 0 amide bonds. The molecule has 2 nitrogen and oxygen atoms in total. The minimum absolute atomic E-state index is 0.137. The quantitative estimate of drug-likeness (QED) is 0.537. The molecule has 0 radical (unpaired) electrons. The van der Waals surface area contributed by atoms with Crippen molar-refractivity contribution in [2.24, 2.45) is 5.92 Å². The van der Waals surface area contributed by atoms with Crippen LogP contribution in [0.25, 0.3) is 0 Å². The summed E-state index contributed by atoms with van der Waals surface area (Å²) in [6, 6.07) is 0. The Balaban J connectivity index is 2.30. The Morgan fingerprint density at radius 2 is 2.38 bits per heavy atom. The molecule has 0 spiro atoms. The Morgan fingerprint density at radius 1 is 1.62 bits per heavy atom. The average molecular weight is 184 g/mol. The maximum atomic E-state index is 9.61. The lowest BCUT2D eigenvalue weighted by Crippen LogP contribution is -2.27. The molecule has 1 aliphatic rings. The normalized spacial score (nSPS) is 27.2. The maximum absolute atomic E-state index is 9.61. The van der Waals surface area contributed by atoms with Gasteiger partial charge in [0.15, 0.2) is 6.29 Å². The van der Waals surface area contributed by atoms with Crippen molar-refractivity contribution in [3.05, 3.63) is 12.2 Å². The lowest BCUT2D eigenvalue weighted by Gasteiger charge is -2.24. The van der Waals surface area contributed by atoms with Gasteiger partial charge in [0.25, 0.3) is 0 Å². The van der Waals surface area contributed by atoms with Crippen molar-refractivity contribution in [1.82, 2.24) is 0 Å². The van der Waals surface area contributed by atoms with E-state index in [1.165, 1.54) is 6.42 Å². The van der Waals surface area contributed by atoms with E-state index >= 15 is 0 Å². The van der Waals surface area contributed by atoms with E-state index in [9.17, 15) is 5.11 Å². The number of aliphatic hydroxyl groups is 1. The van der Waals surface area contributed by atoms with Crippen LogP contribution in [0.1, 0.15) is 39.5 Å². The van der Waals surface area contributed by atoms with Crippen molar-refractivity contribution in [3.63, 3.8) is 0 Å². The summed E-state index contributed by atoms with van der Waals surface area (Å²) in [5.41, 5.74) is 0. The van der Waals surface area contributed by atoms with Crippen LogP contribution in [0.4, 0.5) is 0 Å². The number of hydrogen-bond donors (Lipinski definition) is 1. The van der Waals surface area contributed by atoms with Gasteiger partial charge in [-0.3, -0.25) is 0 Å². The van der Waals surface area contributed by atoms with Gasteiger partial charge in [-0.15, -0.1) is 0 Å². The maximum Gasteiger partial charge on any atom is 0.157 e. The summed E-state index contributed by atoms with van der Waals surface area (Å²) in [4.78, 5) is 0. The summed E-state index contributed by atoms with van der Waals surface area (Å²) in [6.45, 7) is 4.07. The first-order chi connectivity index (χ1) is 6.24. The van der Waals surface area contributed by atoms with Crippen molar-refractivity contribution in [2.75, 3.05) is 0 Å². The summed E-state index contributed by atoms with van der Waals surface area (Å²) in [6.07, 6.45) is 8.07. The van der Waals surface area contributed by atoms with Crippen LogP contribution >= 0.6 is 0 Å². The van der Waals surface area contributed by atoms with Gasteiger partial charge >= 0.3 is 0 Å². The summed E-state index contributed by atoms with van der Waals surface area (Å²) in [7, 11) is 0. The molecule has 1 N–H and O–H groups in total. The fraction of sp³-hybridized carbons (Fsp3) is 0.818. The molecule has 0 bridgehead atoms. The molecule has 0 aromatic rings. The van der Waals surface area contributed by atoms with E-state index in [0.29, 0.717) is 0 Å². The number of ether oxygens (including phenoxy) is 1. The monoisotopic (exact) mass is 184 g/mol. The van der Waals surface area contributed by atoms with Crippen molar-refractivity contribution in [3.8, 4) is 0 Å². The third-order valence-electron chi connectivity index (χ3n) is 2.66. The second kappa shape index (κ2) is 5.40. The van der Waals surface area contributed by atoms with E-state index in [1.54, 1.807) is 0 Å². The molecule has 13 heavy (non-hydrogen) atoms. The third kappa shape index (κ3) is 3.49. The van der Waals surface area contributed by atoms with E-state index < -0.39 is 6.29 Å². The minimum Gasteiger partial charge on any atom is -0.368 e. The van der Waals surface area contributed by atoms with Crippen LogP contribution in [-0.2, 0) is 4.74 Å². The SMILES string of the molecule is CCC(C)C(O)OC1C=CCCC1. The van der Waals surface area contributed by atoms with Crippen LogP contribution < -0.4 is 0 Å². The van der Waals surface area contributed by atoms with Crippen LogP contribution in [0.3, 0.4) is 0 Å². The predicted molar refractivity (Wildman–Crippen MR) is 53.3 cm³/mol. The first-order valence-corrected chi connectivity index (χ1v) is 5.24. The largest absolute Gasteiger partial charge is 0.368 e. The fourth-order valence-electron chi connectivity index (χ4n) is 1.41. The molecule has 0 aromatic heterocycles. The van der Waals surface area contributed by atoms with Crippen LogP contribution in [0.5, 0.6) is 0 Å². The zero-order chi connectivity index (χ0) is 9.68. The number of hydrogen-bond acceptors (Lipinski definition) is 2. The summed E-state index contributed by atoms with van der Waals surface area (Å²) < 4.78 is 5.51. The Morgan fingerprint density at radius 3 is 2.92 bits per heavy atom. The van der Waals surface area contributed by atoms with E-state index in [2.05, 4.69) is 19.1 Å². The number of aliphatic hydroxyl groups excluding tert-OH is 1. The van der Waals surface area contributed by atoms with Crippen LogP contribution in [0, 0.1) is 5.92 Å². The summed E-state index contributed by atoms with van der Waals surface area (Å²) in [5.74, 6) is 0.232.